The highest BCUT2D eigenvalue weighted by Crippen LogP contribution is 1.91. The van der Waals surface area contributed by atoms with Crippen molar-refractivity contribution in [3.05, 3.63) is 0 Å². The maximum absolute atomic E-state index is 5.33. The predicted molar refractivity (Wildman–Crippen MR) is 65.2 cm³/mol. The van der Waals surface area contributed by atoms with Crippen LogP contribution >= 0.6 is 0 Å². The van der Waals surface area contributed by atoms with Crippen molar-refractivity contribution in [2.45, 2.75) is 19.8 Å². The lowest BCUT2D eigenvalue weighted by molar-refractivity contribution is 0.0690. The van der Waals surface area contributed by atoms with Crippen molar-refractivity contribution in [1.29, 1.82) is 0 Å². The number of hydrazine groups is 1. The Morgan fingerprint density at radius 1 is 1.25 bits per heavy atom. The van der Waals surface area contributed by atoms with Crippen molar-refractivity contribution in [3.8, 4) is 0 Å². The van der Waals surface area contributed by atoms with E-state index in [2.05, 4.69) is 15.7 Å². The van der Waals surface area contributed by atoms with Crippen LogP contribution in [0.25, 0.3) is 0 Å². The van der Waals surface area contributed by atoms with Gasteiger partial charge in [-0.05, 0) is 19.8 Å². The van der Waals surface area contributed by atoms with Crippen molar-refractivity contribution in [2.75, 3.05) is 40.0 Å². The first-order chi connectivity index (χ1) is 7.85. The van der Waals surface area contributed by atoms with Crippen LogP contribution in [0.3, 0.4) is 0 Å². The smallest absolute Gasteiger partial charge is 0.205 e. The summed E-state index contributed by atoms with van der Waals surface area (Å²) in [5.74, 6) is 5.91. The van der Waals surface area contributed by atoms with Crippen LogP contribution < -0.4 is 16.6 Å². The third-order valence-electron chi connectivity index (χ3n) is 1.88. The van der Waals surface area contributed by atoms with E-state index in [9.17, 15) is 0 Å². The minimum absolute atomic E-state index is 0.641. The summed E-state index contributed by atoms with van der Waals surface area (Å²) >= 11 is 0. The summed E-state index contributed by atoms with van der Waals surface area (Å²) in [4.78, 5) is 4.26. The highest BCUT2D eigenvalue weighted by Gasteiger charge is 1.92. The molecule has 0 rings (SSSR count). The SMILES string of the molecule is CCNC(=NCCCCOCCOC)NN. The van der Waals surface area contributed by atoms with Gasteiger partial charge in [-0.2, -0.15) is 0 Å². The standard InChI is InChI=1S/C10H24N4O2/c1-3-12-10(14-11)13-6-4-5-7-16-9-8-15-2/h3-9,11H2,1-2H3,(H2,12,13,14). The number of nitrogens with two attached hydrogens (primary N) is 1. The average Bonchev–Trinajstić information content (AvgIpc) is 2.31. The Labute approximate surface area is 97.6 Å². The Morgan fingerprint density at radius 3 is 2.69 bits per heavy atom. The molecule has 0 saturated heterocycles. The number of guanidine groups is 1. The molecule has 0 aliphatic heterocycles. The molecule has 0 radical (unpaired) electrons. The molecule has 0 fully saturated rings. The van der Waals surface area contributed by atoms with E-state index < -0.39 is 0 Å². The molecule has 6 nitrogen and oxygen atoms in total. The van der Waals surface area contributed by atoms with E-state index >= 15 is 0 Å². The van der Waals surface area contributed by atoms with E-state index in [-0.39, 0.29) is 0 Å². The second-order valence-corrected chi connectivity index (χ2v) is 3.22. The Morgan fingerprint density at radius 2 is 2.06 bits per heavy atom. The van der Waals surface area contributed by atoms with Crippen molar-refractivity contribution in [3.63, 3.8) is 0 Å². The third-order valence-corrected chi connectivity index (χ3v) is 1.88. The minimum atomic E-state index is 0.641. The van der Waals surface area contributed by atoms with Gasteiger partial charge in [0.1, 0.15) is 0 Å². The molecule has 0 atom stereocenters. The molecule has 0 aromatic rings. The first kappa shape index (κ1) is 15.2. The number of aliphatic imine (C=N–C) groups is 1. The van der Waals surface area contributed by atoms with Gasteiger partial charge in [-0.25, -0.2) is 5.84 Å². The normalized spacial score (nSPS) is 11.6. The van der Waals surface area contributed by atoms with E-state index in [0.717, 1.165) is 32.5 Å². The summed E-state index contributed by atoms with van der Waals surface area (Å²) in [5.41, 5.74) is 2.51. The fourth-order valence-electron chi connectivity index (χ4n) is 1.07. The molecule has 0 bridgehead atoms. The second-order valence-electron chi connectivity index (χ2n) is 3.22. The molecule has 0 unspecified atom stereocenters. The van der Waals surface area contributed by atoms with E-state index in [0.29, 0.717) is 19.2 Å². The fraction of sp³-hybridized carbons (Fsp3) is 0.900. The van der Waals surface area contributed by atoms with Crippen LogP contribution in [-0.2, 0) is 9.47 Å². The van der Waals surface area contributed by atoms with Gasteiger partial charge in [-0.3, -0.25) is 10.4 Å². The topological polar surface area (TPSA) is 80.9 Å². The molecule has 16 heavy (non-hydrogen) atoms. The Kier molecular flexibility index (Phi) is 11.6. The Bertz CT molecular complexity index is 176. The average molecular weight is 232 g/mol. The number of hydrogen-bond acceptors (Lipinski definition) is 4. The van der Waals surface area contributed by atoms with Crippen molar-refractivity contribution in [1.82, 2.24) is 10.7 Å². The number of hydrogen-bond donors (Lipinski definition) is 3. The molecule has 6 heteroatoms. The van der Waals surface area contributed by atoms with Gasteiger partial charge in [0, 0.05) is 26.8 Å². The van der Waals surface area contributed by atoms with Crippen molar-refractivity contribution >= 4 is 5.96 Å². The number of nitrogens with one attached hydrogen (secondary N) is 2. The molecule has 0 aromatic heterocycles. The van der Waals surface area contributed by atoms with Crippen LogP contribution in [0.2, 0.25) is 0 Å². The summed E-state index contributed by atoms with van der Waals surface area (Å²) < 4.78 is 10.2. The van der Waals surface area contributed by atoms with E-state index in [1.165, 1.54) is 0 Å². The van der Waals surface area contributed by atoms with Gasteiger partial charge in [0.15, 0.2) is 0 Å². The number of unbranched alkanes of at least 4 members (excludes halogenated alkanes) is 1. The van der Waals surface area contributed by atoms with Gasteiger partial charge < -0.3 is 14.8 Å². The zero-order valence-electron chi connectivity index (χ0n) is 10.3. The maximum Gasteiger partial charge on any atom is 0.205 e. The highest BCUT2D eigenvalue weighted by molar-refractivity contribution is 5.78. The first-order valence-electron chi connectivity index (χ1n) is 5.66. The fourth-order valence-corrected chi connectivity index (χ4v) is 1.07. The quantitative estimate of drug-likeness (QED) is 0.169. The minimum Gasteiger partial charge on any atom is -0.382 e. The van der Waals surface area contributed by atoms with Crippen LogP contribution in [-0.4, -0.2) is 46.0 Å². The summed E-state index contributed by atoms with van der Waals surface area (Å²) in [6, 6.07) is 0. The van der Waals surface area contributed by atoms with Gasteiger partial charge in [0.2, 0.25) is 5.96 Å². The van der Waals surface area contributed by atoms with Gasteiger partial charge in [-0.1, -0.05) is 0 Å². The summed E-state index contributed by atoms with van der Waals surface area (Å²) in [5, 5.41) is 3.02. The van der Waals surface area contributed by atoms with Crippen LogP contribution in [0.5, 0.6) is 0 Å². The van der Waals surface area contributed by atoms with Crippen molar-refractivity contribution < 1.29 is 9.47 Å². The zero-order chi connectivity index (χ0) is 12.1. The van der Waals surface area contributed by atoms with E-state index in [1.54, 1.807) is 7.11 Å². The molecule has 0 heterocycles. The molecular weight excluding hydrogens is 208 g/mol. The van der Waals surface area contributed by atoms with Gasteiger partial charge in [0.25, 0.3) is 0 Å². The lowest BCUT2D eigenvalue weighted by Crippen LogP contribution is -2.41. The number of rotatable bonds is 9. The molecule has 0 aliphatic rings. The van der Waals surface area contributed by atoms with Gasteiger partial charge in [-0.15, -0.1) is 0 Å². The van der Waals surface area contributed by atoms with Crippen LogP contribution in [0.15, 0.2) is 4.99 Å². The summed E-state index contributed by atoms with van der Waals surface area (Å²) in [6.07, 6.45) is 1.99. The van der Waals surface area contributed by atoms with Gasteiger partial charge in [0.05, 0.1) is 13.2 Å². The Balaban J connectivity index is 3.30. The largest absolute Gasteiger partial charge is 0.382 e. The Hall–Kier alpha value is -0.850. The predicted octanol–water partition coefficient (Wildman–Crippen LogP) is -0.142. The molecule has 0 saturated carbocycles. The number of ether oxygens (including phenoxy) is 2. The monoisotopic (exact) mass is 232 g/mol. The van der Waals surface area contributed by atoms with Crippen LogP contribution in [0.4, 0.5) is 0 Å². The molecule has 4 N–H and O–H groups in total. The molecular formula is C10H24N4O2. The molecule has 96 valence electrons. The second kappa shape index (κ2) is 12.2. The number of nitrogens with zero attached hydrogens (tertiary/aromatic N) is 1. The van der Waals surface area contributed by atoms with E-state index in [4.69, 9.17) is 15.3 Å². The molecule has 0 spiro atoms. The number of methoxy groups -OCH3 is 1. The van der Waals surface area contributed by atoms with Crippen LogP contribution in [0, 0.1) is 0 Å². The third kappa shape index (κ3) is 9.70. The van der Waals surface area contributed by atoms with Gasteiger partial charge >= 0.3 is 0 Å². The van der Waals surface area contributed by atoms with E-state index in [1.807, 2.05) is 6.92 Å². The van der Waals surface area contributed by atoms with Crippen molar-refractivity contribution in [2.24, 2.45) is 10.8 Å². The molecule has 0 aromatic carbocycles. The maximum atomic E-state index is 5.33. The summed E-state index contributed by atoms with van der Waals surface area (Å²) in [6.45, 7) is 5.62. The highest BCUT2D eigenvalue weighted by atomic mass is 16.5. The lowest BCUT2D eigenvalue weighted by atomic mass is 10.3. The summed E-state index contributed by atoms with van der Waals surface area (Å²) in [7, 11) is 1.67. The first-order valence-corrected chi connectivity index (χ1v) is 5.66. The van der Waals surface area contributed by atoms with Crippen LogP contribution in [0.1, 0.15) is 19.8 Å². The molecule has 0 aliphatic carbocycles. The lowest BCUT2D eigenvalue weighted by Gasteiger charge is -2.06. The zero-order valence-corrected chi connectivity index (χ0v) is 10.3. The molecule has 0 amide bonds.